The smallest absolute Gasteiger partial charge is 0.244 e. The van der Waals surface area contributed by atoms with Crippen LogP contribution in [-0.2, 0) is 19.9 Å². The molecular formula is C12H17ClN2O4S2. The van der Waals surface area contributed by atoms with Gasteiger partial charge in [-0.2, -0.15) is 4.31 Å². The molecule has 1 fully saturated rings. The Balaban J connectivity index is 2.46. The Morgan fingerprint density at radius 3 is 2.57 bits per heavy atom. The molecule has 6 nitrogen and oxygen atoms in total. The molecule has 2 rings (SSSR count). The molecule has 0 bridgehead atoms. The van der Waals surface area contributed by atoms with Crippen LogP contribution in [0.25, 0.3) is 0 Å². The molecule has 0 aliphatic carbocycles. The van der Waals surface area contributed by atoms with Gasteiger partial charge in [0.05, 0.1) is 16.5 Å². The van der Waals surface area contributed by atoms with E-state index < -0.39 is 25.9 Å². The molecular weight excluding hydrogens is 336 g/mol. The number of benzene rings is 1. The molecule has 1 unspecified atom stereocenters. The second-order valence-electron chi connectivity index (χ2n) is 5.22. The summed E-state index contributed by atoms with van der Waals surface area (Å²) in [6.07, 6.45) is 0. The summed E-state index contributed by atoms with van der Waals surface area (Å²) in [5.74, 6) is -0.374. The molecule has 21 heavy (non-hydrogen) atoms. The molecule has 0 radical (unpaired) electrons. The maximum Gasteiger partial charge on any atom is 0.244 e. The number of nitrogens with zero attached hydrogens (tertiary/aromatic N) is 1. The van der Waals surface area contributed by atoms with Crippen LogP contribution in [0.4, 0.5) is 5.69 Å². The molecule has 1 aliphatic rings. The first kappa shape index (κ1) is 16.5. The number of halogens is 1. The minimum Gasteiger partial charge on any atom is -0.398 e. The first-order valence-corrected chi connectivity index (χ1v) is 9.96. The maximum absolute atomic E-state index is 12.7. The van der Waals surface area contributed by atoms with Crippen LogP contribution in [0.1, 0.15) is 12.5 Å². The van der Waals surface area contributed by atoms with Crippen molar-refractivity contribution in [3.8, 4) is 0 Å². The van der Waals surface area contributed by atoms with Crippen LogP contribution in [-0.4, -0.2) is 45.2 Å². The number of rotatable bonds is 2. The SMILES string of the molecule is Cc1cc(Cl)c(S(=O)(=O)N2CCS(=O)(=O)CC2C)cc1N. The average molecular weight is 353 g/mol. The van der Waals surface area contributed by atoms with E-state index >= 15 is 0 Å². The van der Waals surface area contributed by atoms with E-state index in [0.29, 0.717) is 11.3 Å². The lowest BCUT2D eigenvalue weighted by atomic mass is 10.2. The summed E-state index contributed by atoms with van der Waals surface area (Å²) in [7, 11) is -7.07. The lowest BCUT2D eigenvalue weighted by Crippen LogP contribution is -2.49. The Morgan fingerprint density at radius 2 is 2.00 bits per heavy atom. The average Bonchev–Trinajstić information content (AvgIpc) is 2.31. The molecule has 1 atom stereocenters. The summed E-state index contributed by atoms with van der Waals surface area (Å²) in [6.45, 7) is 3.23. The molecule has 0 saturated carbocycles. The third kappa shape index (κ3) is 3.18. The normalized spacial score (nSPS) is 23.1. The summed E-state index contributed by atoms with van der Waals surface area (Å²) in [6, 6.07) is 2.19. The van der Waals surface area contributed by atoms with Crippen molar-refractivity contribution in [3.05, 3.63) is 22.7 Å². The van der Waals surface area contributed by atoms with E-state index in [9.17, 15) is 16.8 Å². The quantitative estimate of drug-likeness (QED) is 0.802. The first-order chi connectivity index (χ1) is 9.54. The zero-order chi connectivity index (χ0) is 16.0. The maximum atomic E-state index is 12.7. The molecule has 118 valence electrons. The van der Waals surface area contributed by atoms with Crippen molar-refractivity contribution in [1.82, 2.24) is 4.31 Å². The standard InChI is InChI=1S/C12H17ClN2O4S2/c1-8-5-10(13)12(6-11(8)14)21(18,19)15-3-4-20(16,17)7-9(15)2/h5-6,9H,3-4,7,14H2,1-2H3. The second-order valence-corrected chi connectivity index (χ2v) is 9.71. The van der Waals surface area contributed by atoms with Gasteiger partial charge in [-0.1, -0.05) is 11.6 Å². The van der Waals surface area contributed by atoms with Gasteiger partial charge in [0, 0.05) is 18.3 Å². The summed E-state index contributed by atoms with van der Waals surface area (Å²) in [4.78, 5) is -0.0848. The predicted molar refractivity (Wildman–Crippen MR) is 82.6 cm³/mol. The Hall–Kier alpha value is -0.830. The third-order valence-electron chi connectivity index (χ3n) is 3.52. The Labute approximate surface area is 129 Å². The molecule has 9 heteroatoms. The molecule has 1 heterocycles. The number of sulfone groups is 1. The van der Waals surface area contributed by atoms with Gasteiger partial charge in [-0.05, 0) is 31.5 Å². The largest absolute Gasteiger partial charge is 0.398 e. The zero-order valence-electron chi connectivity index (χ0n) is 11.7. The van der Waals surface area contributed by atoms with E-state index in [2.05, 4.69) is 0 Å². The monoisotopic (exact) mass is 352 g/mol. The Kier molecular flexibility index (Phi) is 4.27. The van der Waals surface area contributed by atoms with Crippen LogP contribution in [0.2, 0.25) is 5.02 Å². The fraction of sp³-hybridized carbons (Fsp3) is 0.500. The highest BCUT2D eigenvalue weighted by atomic mass is 35.5. The highest BCUT2D eigenvalue weighted by Gasteiger charge is 2.37. The van der Waals surface area contributed by atoms with E-state index in [4.69, 9.17) is 17.3 Å². The highest BCUT2D eigenvalue weighted by Crippen LogP contribution is 2.31. The van der Waals surface area contributed by atoms with E-state index in [1.165, 1.54) is 16.4 Å². The van der Waals surface area contributed by atoms with E-state index in [1.807, 2.05) is 0 Å². The Morgan fingerprint density at radius 1 is 1.38 bits per heavy atom. The molecule has 2 N–H and O–H groups in total. The van der Waals surface area contributed by atoms with Gasteiger partial charge < -0.3 is 5.73 Å². The first-order valence-electron chi connectivity index (χ1n) is 6.32. The number of hydrogen-bond donors (Lipinski definition) is 1. The van der Waals surface area contributed by atoms with Crippen LogP contribution in [0.5, 0.6) is 0 Å². The lowest BCUT2D eigenvalue weighted by molar-refractivity contribution is 0.357. The number of hydrogen-bond acceptors (Lipinski definition) is 5. The van der Waals surface area contributed by atoms with Gasteiger partial charge in [-0.25, -0.2) is 16.8 Å². The van der Waals surface area contributed by atoms with Crippen LogP contribution < -0.4 is 5.73 Å². The number of nitrogens with two attached hydrogens (primary N) is 1. The van der Waals surface area contributed by atoms with Crippen molar-refractivity contribution < 1.29 is 16.8 Å². The molecule has 1 aromatic carbocycles. The van der Waals surface area contributed by atoms with Crippen molar-refractivity contribution in [2.24, 2.45) is 0 Å². The van der Waals surface area contributed by atoms with Gasteiger partial charge in [0.2, 0.25) is 10.0 Å². The van der Waals surface area contributed by atoms with Gasteiger partial charge in [0.15, 0.2) is 9.84 Å². The number of aryl methyl sites for hydroxylation is 1. The minimum absolute atomic E-state index is 0.0735. The topological polar surface area (TPSA) is 97.5 Å². The Bertz CT molecular complexity index is 775. The zero-order valence-corrected chi connectivity index (χ0v) is 14.1. The predicted octanol–water partition coefficient (Wildman–Crippen LogP) is 1.04. The minimum atomic E-state index is -3.87. The molecule has 1 aliphatic heterocycles. The van der Waals surface area contributed by atoms with Gasteiger partial charge in [0.25, 0.3) is 0 Å². The van der Waals surface area contributed by atoms with E-state index in [0.717, 1.165) is 0 Å². The fourth-order valence-electron chi connectivity index (χ4n) is 2.33. The highest BCUT2D eigenvalue weighted by molar-refractivity contribution is 7.92. The van der Waals surface area contributed by atoms with Gasteiger partial charge >= 0.3 is 0 Å². The van der Waals surface area contributed by atoms with Crippen molar-refractivity contribution in [2.45, 2.75) is 24.8 Å². The number of anilines is 1. The van der Waals surface area contributed by atoms with Crippen LogP contribution in [0.3, 0.4) is 0 Å². The summed E-state index contributed by atoms with van der Waals surface area (Å²) >= 11 is 6.03. The number of nitrogen functional groups attached to an aromatic ring is 1. The van der Waals surface area contributed by atoms with Crippen molar-refractivity contribution >= 4 is 37.1 Å². The van der Waals surface area contributed by atoms with Crippen molar-refractivity contribution in [3.63, 3.8) is 0 Å². The van der Waals surface area contributed by atoms with E-state index in [-0.39, 0.29) is 28.0 Å². The van der Waals surface area contributed by atoms with Crippen LogP contribution in [0, 0.1) is 6.92 Å². The van der Waals surface area contributed by atoms with Crippen molar-refractivity contribution in [2.75, 3.05) is 23.8 Å². The molecule has 1 saturated heterocycles. The van der Waals surface area contributed by atoms with Gasteiger partial charge in [0.1, 0.15) is 4.90 Å². The van der Waals surface area contributed by atoms with E-state index in [1.54, 1.807) is 13.8 Å². The van der Waals surface area contributed by atoms with Crippen LogP contribution >= 0.6 is 11.6 Å². The molecule has 1 aromatic rings. The van der Waals surface area contributed by atoms with Crippen molar-refractivity contribution in [1.29, 1.82) is 0 Å². The lowest BCUT2D eigenvalue weighted by Gasteiger charge is -2.32. The summed E-state index contributed by atoms with van der Waals surface area (Å²) < 4.78 is 49.7. The third-order valence-corrected chi connectivity index (χ3v) is 7.79. The molecule has 0 spiro atoms. The second kappa shape index (κ2) is 5.42. The van der Waals surface area contributed by atoms with Gasteiger partial charge in [-0.15, -0.1) is 0 Å². The number of sulfonamides is 1. The van der Waals surface area contributed by atoms with Crippen LogP contribution in [0.15, 0.2) is 17.0 Å². The summed E-state index contributed by atoms with van der Waals surface area (Å²) in [5, 5.41) is 0.0855. The van der Waals surface area contributed by atoms with Gasteiger partial charge in [-0.3, -0.25) is 0 Å². The molecule has 0 aromatic heterocycles. The summed E-state index contributed by atoms with van der Waals surface area (Å²) in [5.41, 5.74) is 6.77. The molecule has 0 amide bonds. The fourth-order valence-corrected chi connectivity index (χ4v) is 6.32.